The van der Waals surface area contributed by atoms with Crippen molar-refractivity contribution in [3.05, 3.63) is 23.8 Å². The lowest BCUT2D eigenvalue weighted by Gasteiger charge is -2.26. The fraction of sp³-hybridized carbons (Fsp3) is 0.533. The van der Waals surface area contributed by atoms with E-state index in [1.54, 1.807) is 12.1 Å². The second-order valence-corrected chi connectivity index (χ2v) is 4.46. The van der Waals surface area contributed by atoms with E-state index in [0.29, 0.717) is 50.9 Å². The largest absolute Gasteiger partial charge is 0.478 e. The Hall–Kier alpha value is -1.79. The molecule has 1 aromatic carbocycles. The van der Waals surface area contributed by atoms with Crippen LogP contribution in [0.3, 0.4) is 0 Å². The van der Waals surface area contributed by atoms with Crippen molar-refractivity contribution < 1.29 is 19.4 Å². The molecular formula is C15H24N2O4. The van der Waals surface area contributed by atoms with Gasteiger partial charge in [-0.1, -0.05) is 0 Å². The highest BCUT2D eigenvalue weighted by Crippen LogP contribution is 2.23. The summed E-state index contributed by atoms with van der Waals surface area (Å²) in [4.78, 5) is 13.3. The third-order valence-corrected chi connectivity index (χ3v) is 3.01. The zero-order valence-corrected chi connectivity index (χ0v) is 12.7. The van der Waals surface area contributed by atoms with Gasteiger partial charge in [-0.3, -0.25) is 0 Å². The summed E-state index contributed by atoms with van der Waals surface area (Å²) in [5, 5.41) is 9.34. The third-order valence-electron chi connectivity index (χ3n) is 3.01. The van der Waals surface area contributed by atoms with Gasteiger partial charge in [0.1, 0.15) is 0 Å². The van der Waals surface area contributed by atoms with E-state index in [2.05, 4.69) is 0 Å². The maximum Gasteiger partial charge on any atom is 0.337 e. The number of hydrogen-bond donors (Lipinski definition) is 2. The smallest absolute Gasteiger partial charge is 0.337 e. The van der Waals surface area contributed by atoms with Gasteiger partial charge in [-0.15, -0.1) is 0 Å². The minimum atomic E-state index is -0.991. The molecule has 0 radical (unpaired) electrons. The van der Waals surface area contributed by atoms with Crippen LogP contribution in [0.4, 0.5) is 11.4 Å². The first-order chi connectivity index (χ1) is 10.1. The molecule has 0 heterocycles. The predicted octanol–water partition coefficient (Wildman–Crippen LogP) is 1.85. The average molecular weight is 296 g/mol. The van der Waals surface area contributed by atoms with Crippen molar-refractivity contribution in [2.45, 2.75) is 13.8 Å². The van der Waals surface area contributed by atoms with Gasteiger partial charge in [0.15, 0.2) is 0 Å². The molecule has 0 aliphatic carbocycles. The van der Waals surface area contributed by atoms with Gasteiger partial charge in [-0.2, -0.15) is 0 Å². The number of hydrogen-bond acceptors (Lipinski definition) is 5. The van der Waals surface area contributed by atoms with Gasteiger partial charge in [0, 0.05) is 32.0 Å². The molecule has 0 unspecified atom stereocenters. The van der Waals surface area contributed by atoms with Crippen molar-refractivity contribution in [3.8, 4) is 0 Å². The molecule has 118 valence electrons. The van der Waals surface area contributed by atoms with E-state index in [-0.39, 0.29) is 5.56 Å². The number of rotatable bonds is 10. The van der Waals surface area contributed by atoms with Crippen LogP contribution in [-0.2, 0) is 9.47 Å². The number of benzene rings is 1. The third kappa shape index (κ3) is 5.61. The molecule has 0 amide bonds. The Kier molecular flexibility index (Phi) is 7.56. The molecule has 0 atom stereocenters. The van der Waals surface area contributed by atoms with Gasteiger partial charge in [0.2, 0.25) is 0 Å². The number of carbonyl (C=O) groups is 1. The summed E-state index contributed by atoms with van der Waals surface area (Å²) < 4.78 is 10.7. The van der Waals surface area contributed by atoms with Crippen LogP contribution in [0.1, 0.15) is 24.2 Å². The Balaban J connectivity index is 2.91. The molecule has 0 bridgehead atoms. The average Bonchev–Trinajstić information content (AvgIpc) is 2.46. The van der Waals surface area contributed by atoms with Crippen LogP contribution < -0.4 is 10.6 Å². The molecule has 0 spiro atoms. The van der Waals surface area contributed by atoms with Crippen molar-refractivity contribution in [2.75, 3.05) is 50.2 Å². The molecule has 0 aliphatic heterocycles. The zero-order valence-electron chi connectivity index (χ0n) is 12.7. The minimum absolute atomic E-state index is 0.197. The molecular weight excluding hydrogens is 272 g/mol. The van der Waals surface area contributed by atoms with Crippen molar-refractivity contribution >= 4 is 17.3 Å². The normalized spacial score (nSPS) is 10.6. The molecule has 0 fully saturated rings. The van der Waals surface area contributed by atoms with E-state index >= 15 is 0 Å². The van der Waals surface area contributed by atoms with Crippen molar-refractivity contribution in [1.29, 1.82) is 0 Å². The van der Waals surface area contributed by atoms with Gasteiger partial charge in [-0.25, -0.2) is 4.79 Å². The van der Waals surface area contributed by atoms with Crippen LogP contribution in [0, 0.1) is 0 Å². The highest BCUT2D eigenvalue weighted by Gasteiger charge is 2.16. The fourth-order valence-corrected chi connectivity index (χ4v) is 1.99. The second-order valence-electron chi connectivity index (χ2n) is 4.46. The fourth-order valence-electron chi connectivity index (χ4n) is 1.99. The highest BCUT2D eigenvalue weighted by atomic mass is 16.5. The molecule has 6 heteroatoms. The van der Waals surface area contributed by atoms with Crippen molar-refractivity contribution in [3.63, 3.8) is 0 Å². The lowest BCUT2D eigenvalue weighted by molar-refractivity contribution is 0.0697. The summed E-state index contributed by atoms with van der Waals surface area (Å²) in [6.45, 7) is 7.39. The van der Waals surface area contributed by atoms with Gasteiger partial charge >= 0.3 is 5.97 Å². The SMILES string of the molecule is CCOCCN(CCOCC)c1ccc(N)cc1C(=O)O. The highest BCUT2D eigenvalue weighted by molar-refractivity contribution is 5.95. The lowest BCUT2D eigenvalue weighted by atomic mass is 10.1. The number of nitrogen functional groups attached to an aromatic ring is 1. The lowest BCUT2D eigenvalue weighted by Crippen LogP contribution is -2.32. The summed E-state index contributed by atoms with van der Waals surface area (Å²) >= 11 is 0. The van der Waals surface area contributed by atoms with E-state index in [4.69, 9.17) is 15.2 Å². The molecule has 3 N–H and O–H groups in total. The minimum Gasteiger partial charge on any atom is -0.478 e. The second kappa shape index (κ2) is 9.20. The van der Waals surface area contributed by atoms with Crippen LogP contribution in [0.5, 0.6) is 0 Å². The Morgan fingerprint density at radius 3 is 2.24 bits per heavy atom. The Morgan fingerprint density at radius 1 is 1.19 bits per heavy atom. The van der Waals surface area contributed by atoms with Gasteiger partial charge in [-0.05, 0) is 32.0 Å². The number of aromatic carboxylic acids is 1. The summed E-state index contributed by atoms with van der Waals surface area (Å²) in [5.74, 6) is -0.991. The van der Waals surface area contributed by atoms with E-state index < -0.39 is 5.97 Å². The number of carboxylic acids is 1. The summed E-state index contributed by atoms with van der Waals surface area (Å²) in [7, 11) is 0. The molecule has 1 aromatic rings. The first-order valence-corrected chi connectivity index (χ1v) is 7.13. The Labute approximate surface area is 125 Å². The topological polar surface area (TPSA) is 85.0 Å². The Bertz CT molecular complexity index is 441. The van der Waals surface area contributed by atoms with Gasteiger partial charge < -0.3 is 25.2 Å². The maximum atomic E-state index is 11.4. The van der Waals surface area contributed by atoms with Crippen LogP contribution in [-0.4, -0.2) is 50.6 Å². The molecule has 6 nitrogen and oxygen atoms in total. The van der Waals surface area contributed by atoms with Crippen LogP contribution in [0.15, 0.2) is 18.2 Å². The van der Waals surface area contributed by atoms with Crippen molar-refractivity contribution in [1.82, 2.24) is 0 Å². The first-order valence-electron chi connectivity index (χ1n) is 7.13. The number of anilines is 2. The number of ether oxygens (including phenoxy) is 2. The van der Waals surface area contributed by atoms with E-state index in [0.717, 1.165) is 0 Å². The monoisotopic (exact) mass is 296 g/mol. The number of nitrogens with zero attached hydrogens (tertiary/aromatic N) is 1. The van der Waals surface area contributed by atoms with Crippen molar-refractivity contribution in [2.24, 2.45) is 0 Å². The molecule has 21 heavy (non-hydrogen) atoms. The van der Waals surface area contributed by atoms with Crippen LogP contribution in [0.2, 0.25) is 0 Å². The number of nitrogens with two attached hydrogens (primary N) is 1. The quantitative estimate of drug-likeness (QED) is 0.506. The summed E-state index contributed by atoms with van der Waals surface area (Å²) in [5.41, 5.74) is 6.95. The van der Waals surface area contributed by atoms with E-state index in [1.807, 2.05) is 18.7 Å². The molecule has 0 aromatic heterocycles. The zero-order chi connectivity index (χ0) is 15.7. The van der Waals surface area contributed by atoms with Crippen LogP contribution in [0.25, 0.3) is 0 Å². The van der Waals surface area contributed by atoms with Crippen LogP contribution >= 0.6 is 0 Å². The van der Waals surface area contributed by atoms with E-state index in [9.17, 15) is 9.90 Å². The molecule has 1 rings (SSSR count). The summed E-state index contributed by atoms with van der Waals surface area (Å²) in [6.07, 6.45) is 0. The van der Waals surface area contributed by atoms with Gasteiger partial charge in [0.25, 0.3) is 0 Å². The Morgan fingerprint density at radius 2 is 1.76 bits per heavy atom. The summed E-state index contributed by atoms with van der Waals surface area (Å²) in [6, 6.07) is 4.92. The number of carboxylic acid groups (broad SMARTS) is 1. The van der Waals surface area contributed by atoms with Gasteiger partial charge in [0.05, 0.1) is 24.5 Å². The van der Waals surface area contributed by atoms with E-state index in [1.165, 1.54) is 6.07 Å². The molecule has 0 saturated heterocycles. The standard InChI is InChI=1S/C15H24N2O4/c1-3-20-9-7-17(8-10-21-4-2)14-6-5-12(16)11-13(14)15(18)19/h5-6,11H,3-4,7-10,16H2,1-2H3,(H,18,19). The first kappa shape index (κ1) is 17.3. The predicted molar refractivity (Wildman–Crippen MR) is 83.0 cm³/mol. The molecule has 0 saturated carbocycles. The maximum absolute atomic E-state index is 11.4. The molecule has 0 aliphatic rings.